The summed E-state index contributed by atoms with van der Waals surface area (Å²) in [5.74, 6) is 0. The molecule has 1 N–H and O–H groups in total. The molecule has 0 radical (unpaired) electrons. The van der Waals surface area contributed by atoms with Gasteiger partial charge in [0.2, 0.25) is 0 Å². The summed E-state index contributed by atoms with van der Waals surface area (Å²) in [5.41, 5.74) is 0. The van der Waals surface area contributed by atoms with Gasteiger partial charge < -0.3 is 9.66 Å². The van der Waals surface area contributed by atoms with Crippen molar-refractivity contribution in [1.82, 2.24) is 0 Å². The first-order valence-electron chi connectivity index (χ1n) is 9.55. The molecule has 0 amide bonds. The molecule has 1 unspecified atom stereocenters. The van der Waals surface area contributed by atoms with Crippen LogP contribution in [0.2, 0.25) is 0 Å². The molecule has 0 heterocycles. The Bertz CT molecular complexity index is 373. The topological polar surface area (TPSA) is 77.4 Å². The minimum atomic E-state index is -4.66. The van der Waals surface area contributed by atoms with E-state index >= 15 is 0 Å². The molecule has 0 aromatic carbocycles. The molecule has 6 heteroatoms. The van der Waals surface area contributed by atoms with Gasteiger partial charge in [0.1, 0.15) is 10.1 Å². The summed E-state index contributed by atoms with van der Waals surface area (Å²) in [7, 11) is -4.66. The first kappa shape index (κ1) is 27.7. The molecule has 24 heavy (non-hydrogen) atoms. The van der Waals surface area contributed by atoms with E-state index in [1.165, 1.54) is 25.7 Å². The van der Waals surface area contributed by atoms with Crippen molar-refractivity contribution in [2.45, 2.75) is 115 Å². The quantitative estimate of drug-likeness (QED) is 0.250. The van der Waals surface area contributed by atoms with Crippen LogP contribution in [0.3, 0.4) is 0 Å². The zero-order valence-electron chi connectivity index (χ0n) is 16.2. The fourth-order valence-corrected chi connectivity index (χ4v) is 3.70. The van der Waals surface area contributed by atoms with Crippen molar-refractivity contribution in [2.75, 3.05) is 0 Å². The first-order valence-corrected chi connectivity index (χ1v) is 11.0. The summed E-state index contributed by atoms with van der Waals surface area (Å²) >= 11 is 0. The van der Waals surface area contributed by atoms with Crippen LogP contribution in [0.25, 0.3) is 0 Å². The molecule has 0 aliphatic carbocycles. The van der Waals surface area contributed by atoms with E-state index in [9.17, 15) is 18.1 Å². The largest absolute Gasteiger partial charge is 1.00 e. The van der Waals surface area contributed by atoms with E-state index in [0.29, 0.717) is 12.8 Å². The van der Waals surface area contributed by atoms with Gasteiger partial charge in [-0.15, -0.1) is 0 Å². The van der Waals surface area contributed by atoms with E-state index in [1.807, 2.05) is 0 Å². The van der Waals surface area contributed by atoms with Gasteiger partial charge in [-0.25, -0.2) is 8.42 Å². The Morgan fingerprint density at radius 3 is 1.29 bits per heavy atom. The van der Waals surface area contributed by atoms with E-state index < -0.39 is 15.1 Å². The molecule has 0 fully saturated rings. The van der Waals surface area contributed by atoms with Gasteiger partial charge in [-0.05, 0) is 25.7 Å². The van der Waals surface area contributed by atoms with Gasteiger partial charge in [-0.2, -0.15) is 0 Å². The van der Waals surface area contributed by atoms with E-state index in [2.05, 4.69) is 13.8 Å². The number of unbranched alkanes of at least 4 members (excludes halogenated alkanes) is 11. The Kier molecular flexibility index (Phi) is 19.2. The molecule has 0 spiro atoms. The van der Waals surface area contributed by atoms with Gasteiger partial charge in [0.05, 0.1) is 0 Å². The molecular formula is C18H37KO4S. The molecule has 0 aliphatic heterocycles. The molecule has 0 saturated heterocycles. The number of aliphatic hydroxyl groups is 1. The molecular weight excluding hydrogens is 351 g/mol. The van der Waals surface area contributed by atoms with Crippen molar-refractivity contribution in [3.8, 4) is 0 Å². The third-order valence-corrected chi connectivity index (χ3v) is 5.90. The van der Waals surface area contributed by atoms with E-state index in [0.717, 1.165) is 44.9 Å². The van der Waals surface area contributed by atoms with Crippen LogP contribution in [0.5, 0.6) is 0 Å². The molecule has 0 aliphatic rings. The minimum absolute atomic E-state index is 0. The summed E-state index contributed by atoms with van der Waals surface area (Å²) in [6.07, 6.45) is 13.6. The molecule has 0 saturated carbocycles. The van der Waals surface area contributed by atoms with Crippen LogP contribution in [0.1, 0.15) is 110 Å². The molecule has 1 atom stereocenters. The smallest absolute Gasteiger partial charge is 0.746 e. The van der Waals surface area contributed by atoms with Crippen molar-refractivity contribution < 1.29 is 69.5 Å². The normalized spacial score (nSPS) is 14.2. The minimum Gasteiger partial charge on any atom is -0.746 e. The van der Waals surface area contributed by atoms with Gasteiger partial charge in [0.15, 0.2) is 4.93 Å². The average Bonchev–Trinajstić information content (AvgIpc) is 2.48. The van der Waals surface area contributed by atoms with Crippen molar-refractivity contribution in [3.63, 3.8) is 0 Å². The predicted molar refractivity (Wildman–Crippen MR) is 95.3 cm³/mol. The second kappa shape index (κ2) is 16.7. The van der Waals surface area contributed by atoms with Crippen LogP contribution < -0.4 is 51.4 Å². The summed E-state index contributed by atoms with van der Waals surface area (Å²) in [5, 5.41) is 10.3. The van der Waals surface area contributed by atoms with Crippen molar-refractivity contribution in [1.29, 1.82) is 0 Å². The Morgan fingerprint density at radius 1 is 0.708 bits per heavy atom. The second-order valence-corrected chi connectivity index (χ2v) is 8.46. The summed E-state index contributed by atoms with van der Waals surface area (Å²) in [6.45, 7) is 4.30. The molecule has 0 aromatic heterocycles. The van der Waals surface area contributed by atoms with Crippen LogP contribution in [-0.2, 0) is 10.1 Å². The fourth-order valence-electron chi connectivity index (χ4n) is 2.91. The third-order valence-electron chi connectivity index (χ3n) is 4.56. The van der Waals surface area contributed by atoms with Gasteiger partial charge in [-0.3, -0.25) is 0 Å². The van der Waals surface area contributed by atoms with Crippen molar-refractivity contribution in [2.24, 2.45) is 0 Å². The number of hydrogen-bond acceptors (Lipinski definition) is 4. The number of hydrogen-bond donors (Lipinski definition) is 1. The molecule has 4 nitrogen and oxygen atoms in total. The van der Waals surface area contributed by atoms with Gasteiger partial charge in [0.25, 0.3) is 0 Å². The molecule has 140 valence electrons. The standard InChI is InChI=1S/C18H38O4S.K/c1-3-5-7-9-10-11-13-15-17-18(19,23(20,21)22)16-14-12-8-6-4-2;/h19H,3-17H2,1-2H3,(H,20,21,22);/q;+1/p-1. The third kappa shape index (κ3) is 13.7. The maximum atomic E-state index is 11.4. The fraction of sp³-hybridized carbons (Fsp3) is 1.00. The van der Waals surface area contributed by atoms with Gasteiger partial charge in [-0.1, -0.05) is 84.5 Å². The molecule has 0 rings (SSSR count). The Morgan fingerprint density at radius 2 is 1.00 bits per heavy atom. The summed E-state index contributed by atoms with van der Waals surface area (Å²) in [6, 6.07) is 0. The van der Waals surface area contributed by atoms with Gasteiger partial charge >= 0.3 is 51.4 Å². The van der Waals surface area contributed by atoms with Crippen LogP contribution in [0.4, 0.5) is 0 Å². The Hall–Kier alpha value is 1.51. The summed E-state index contributed by atoms with van der Waals surface area (Å²) in [4.78, 5) is -2.05. The predicted octanol–water partition coefficient (Wildman–Crippen LogP) is 2.12. The molecule has 0 aromatic rings. The van der Waals surface area contributed by atoms with Crippen LogP contribution >= 0.6 is 0 Å². The van der Waals surface area contributed by atoms with E-state index in [1.54, 1.807) is 0 Å². The maximum Gasteiger partial charge on any atom is 1.00 e. The Labute approximate surface area is 192 Å². The monoisotopic (exact) mass is 388 g/mol. The maximum absolute atomic E-state index is 11.4. The van der Waals surface area contributed by atoms with Crippen LogP contribution in [-0.4, -0.2) is 23.0 Å². The SMILES string of the molecule is CCCCCCCCCCC(O)(CCCCCCC)S(=O)(=O)[O-].[K+]. The second-order valence-electron chi connectivity index (χ2n) is 6.79. The van der Waals surface area contributed by atoms with E-state index in [4.69, 9.17) is 0 Å². The van der Waals surface area contributed by atoms with E-state index in [-0.39, 0.29) is 64.2 Å². The van der Waals surface area contributed by atoms with Gasteiger partial charge in [0, 0.05) is 0 Å². The zero-order valence-corrected chi connectivity index (χ0v) is 20.1. The van der Waals surface area contributed by atoms with Crippen LogP contribution in [0.15, 0.2) is 0 Å². The zero-order chi connectivity index (χ0) is 17.6. The van der Waals surface area contributed by atoms with Crippen LogP contribution in [0, 0.1) is 0 Å². The Balaban J connectivity index is 0. The van der Waals surface area contributed by atoms with Crippen molar-refractivity contribution in [3.05, 3.63) is 0 Å². The van der Waals surface area contributed by atoms with Crippen molar-refractivity contribution >= 4 is 10.1 Å². The first-order chi connectivity index (χ1) is 10.9. The average molecular weight is 389 g/mol. The summed E-state index contributed by atoms with van der Waals surface area (Å²) < 4.78 is 34.2. The molecule has 0 bridgehead atoms. The number of rotatable bonds is 16.